The topological polar surface area (TPSA) is 78.5 Å². The molecule has 0 aliphatic carbocycles. The van der Waals surface area contributed by atoms with E-state index < -0.39 is 21.7 Å². The molecule has 1 heterocycles. The molecule has 2 N–H and O–H groups in total. The van der Waals surface area contributed by atoms with Crippen molar-refractivity contribution < 1.29 is 13.2 Å². The van der Waals surface area contributed by atoms with E-state index in [-0.39, 0.29) is 12.4 Å². The number of piperidine rings is 1. The quantitative estimate of drug-likeness (QED) is 0.700. The average molecular weight is 328 g/mol. The molecule has 0 saturated carbocycles. The van der Waals surface area contributed by atoms with Crippen LogP contribution in [0.3, 0.4) is 0 Å². The van der Waals surface area contributed by atoms with Gasteiger partial charge < -0.3 is 10.6 Å². The molecule has 1 fully saturated rings. The van der Waals surface area contributed by atoms with Crippen LogP contribution in [0.25, 0.3) is 0 Å². The molecule has 0 radical (unpaired) electrons. The van der Waals surface area contributed by atoms with E-state index in [4.69, 9.17) is 0 Å². The van der Waals surface area contributed by atoms with Crippen molar-refractivity contribution in [3.05, 3.63) is 0 Å². The number of halogens is 1. The lowest BCUT2D eigenvalue weighted by molar-refractivity contribution is -0.118. The summed E-state index contributed by atoms with van der Waals surface area (Å²) in [6, 6.07) is 0. The van der Waals surface area contributed by atoms with Gasteiger partial charge in [0, 0.05) is 19.6 Å². The van der Waals surface area contributed by atoms with E-state index in [1.54, 1.807) is 13.8 Å². The average Bonchev–Trinajstić information content (AvgIpc) is 2.38. The Balaban J connectivity index is 0.00000361. The smallest absolute Gasteiger partial charge is 0.236 e. The number of amides is 1. The molecular formula is C12H26ClN3O3S. The van der Waals surface area contributed by atoms with Gasteiger partial charge in [0.05, 0.1) is 0 Å². The Hall–Kier alpha value is -0.370. The molecule has 1 aliphatic heterocycles. The molecule has 1 aliphatic rings. The van der Waals surface area contributed by atoms with Crippen molar-refractivity contribution >= 4 is 28.3 Å². The van der Waals surface area contributed by atoms with Gasteiger partial charge in [-0.1, -0.05) is 13.8 Å². The van der Waals surface area contributed by atoms with E-state index in [0.29, 0.717) is 25.6 Å². The molecule has 20 heavy (non-hydrogen) atoms. The highest BCUT2D eigenvalue weighted by Gasteiger charge is 2.23. The first kappa shape index (κ1) is 19.6. The SMILES string of the molecule is CCN(CC)S(=O)(=O)CC(=O)NCC1CCCNC1.Cl. The Labute approximate surface area is 128 Å². The van der Waals surface area contributed by atoms with Crippen LogP contribution in [0.2, 0.25) is 0 Å². The minimum Gasteiger partial charge on any atom is -0.355 e. The number of nitrogens with zero attached hydrogens (tertiary/aromatic N) is 1. The lowest BCUT2D eigenvalue weighted by atomic mass is 10.00. The Bertz CT molecular complexity index is 379. The Morgan fingerprint density at radius 3 is 2.50 bits per heavy atom. The van der Waals surface area contributed by atoms with Crippen molar-refractivity contribution in [2.75, 3.05) is 38.5 Å². The molecule has 0 aromatic carbocycles. The molecule has 1 unspecified atom stereocenters. The van der Waals surface area contributed by atoms with E-state index >= 15 is 0 Å². The van der Waals surface area contributed by atoms with E-state index in [9.17, 15) is 13.2 Å². The zero-order chi connectivity index (χ0) is 14.3. The maximum absolute atomic E-state index is 11.9. The summed E-state index contributed by atoms with van der Waals surface area (Å²) in [5, 5.41) is 5.99. The summed E-state index contributed by atoms with van der Waals surface area (Å²) in [4.78, 5) is 11.7. The summed E-state index contributed by atoms with van der Waals surface area (Å²) >= 11 is 0. The third-order valence-electron chi connectivity index (χ3n) is 3.40. The Kier molecular flexibility index (Phi) is 9.37. The highest BCUT2D eigenvalue weighted by Crippen LogP contribution is 2.08. The zero-order valence-electron chi connectivity index (χ0n) is 12.2. The lowest BCUT2D eigenvalue weighted by Crippen LogP contribution is -2.42. The van der Waals surface area contributed by atoms with Gasteiger partial charge in [0.1, 0.15) is 5.75 Å². The Morgan fingerprint density at radius 2 is 2.00 bits per heavy atom. The second-order valence-electron chi connectivity index (χ2n) is 4.86. The summed E-state index contributed by atoms with van der Waals surface area (Å²) < 4.78 is 25.1. The number of sulfonamides is 1. The highest BCUT2D eigenvalue weighted by atomic mass is 35.5. The number of carbonyl (C=O) groups excluding carboxylic acids is 1. The van der Waals surface area contributed by atoms with Crippen LogP contribution in [-0.4, -0.2) is 57.1 Å². The summed E-state index contributed by atoms with van der Waals surface area (Å²) in [6.07, 6.45) is 2.19. The molecule has 6 nitrogen and oxygen atoms in total. The molecule has 1 amide bonds. The van der Waals surface area contributed by atoms with Gasteiger partial charge >= 0.3 is 0 Å². The maximum atomic E-state index is 11.9. The summed E-state index contributed by atoms with van der Waals surface area (Å²) in [5.41, 5.74) is 0. The normalized spacial score (nSPS) is 19.4. The number of rotatable bonds is 7. The molecule has 1 rings (SSSR count). The van der Waals surface area contributed by atoms with Crippen LogP contribution in [0.1, 0.15) is 26.7 Å². The van der Waals surface area contributed by atoms with E-state index in [1.165, 1.54) is 4.31 Å². The lowest BCUT2D eigenvalue weighted by Gasteiger charge is -2.23. The van der Waals surface area contributed by atoms with Gasteiger partial charge in [-0.3, -0.25) is 4.79 Å². The number of hydrogen-bond acceptors (Lipinski definition) is 4. The van der Waals surface area contributed by atoms with E-state index in [2.05, 4.69) is 10.6 Å². The molecule has 120 valence electrons. The van der Waals surface area contributed by atoms with Crippen LogP contribution in [0.4, 0.5) is 0 Å². The molecule has 0 aromatic rings. The molecule has 1 atom stereocenters. The standard InChI is InChI=1S/C12H25N3O3S.ClH/c1-3-15(4-2)19(17,18)10-12(16)14-9-11-6-5-7-13-8-11;/h11,13H,3-10H2,1-2H3,(H,14,16);1H. The summed E-state index contributed by atoms with van der Waals surface area (Å²) in [7, 11) is -3.47. The van der Waals surface area contributed by atoms with Crippen molar-refractivity contribution in [1.82, 2.24) is 14.9 Å². The van der Waals surface area contributed by atoms with Crippen molar-refractivity contribution in [1.29, 1.82) is 0 Å². The van der Waals surface area contributed by atoms with Gasteiger partial charge in [-0.05, 0) is 31.8 Å². The van der Waals surface area contributed by atoms with Crippen molar-refractivity contribution in [2.24, 2.45) is 5.92 Å². The van der Waals surface area contributed by atoms with Crippen LogP contribution in [0, 0.1) is 5.92 Å². The van der Waals surface area contributed by atoms with Crippen LogP contribution in [0.15, 0.2) is 0 Å². The molecule has 0 bridgehead atoms. The fourth-order valence-electron chi connectivity index (χ4n) is 2.28. The van der Waals surface area contributed by atoms with Crippen LogP contribution < -0.4 is 10.6 Å². The van der Waals surface area contributed by atoms with Gasteiger partial charge in [0.15, 0.2) is 0 Å². The van der Waals surface area contributed by atoms with Gasteiger partial charge in [-0.15, -0.1) is 12.4 Å². The number of hydrogen-bond donors (Lipinski definition) is 2. The van der Waals surface area contributed by atoms with Crippen LogP contribution >= 0.6 is 12.4 Å². The minimum absolute atomic E-state index is 0. The van der Waals surface area contributed by atoms with E-state index in [0.717, 1.165) is 25.9 Å². The van der Waals surface area contributed by atoms with Gasteiger partial charge in [-0.2, -0.15) is 0 Å². The van der Waals surface area contributed by atoms with Crippen molar-refractivity contribution in [2.45, 2.75) is 26.7 Å². The monoisotopic (exact) mass is 327 g/mol. The fourth-order valence-corrected chi connectivity index (χ4v) is 3.68. The zero-order valence-corrected chi connectivity index (χ0v) is 13.9. The molecule has 8 heteroatoms. The second-order valence-corrected chi connectivity index (χ2v) is 6.83. The van der Waals surface area contributed by atoms with E-state index in [1.807, 2.05) is 0 Å². The summed E-state index contributed by atoms with van der Waals surface area (Å²) in [5.74, 6) is -0.444. The number of nitrogens with one attached hydrogen (secondary N) is 2. The molecule has 0 spiro atoms. The maximum Gasteiger partial charge on any atom is 0.236 e. The fraction of sp³-hybridized carbons (Fsp3) is 0.917. The van der Waals surface area contributed by atoms with Crippen molar-refractivity contribution in [3.63, 3.8) is 0 Å². The van der Waals surface area contributed by atoms with Gasteiger partial charge in [0.2, 0.25) is 15.9 Å². The first-order valence-corrected chi connectivity index (χ1v) is 8.55. The predicted octanol–water partition coefficient (Wildman–Crippen LogP) is 0.196. The van der Waals surface area contributed by atoms with Crippen molar-refractivity contribution in [3.8, 4) is 0 Å². The summed E-state index contributed by atoms with van der Waals surface area (Å²) in [6.45, 7) is 6.82. The molecular weight excluding hydrogens is 302 g/mol. The minimum atomic E-state index is -3.47. The van der Waals surface area contributed by atoms with Gasteiger partial charge in [0.25, 0.3) is 0 Å². The Morgan fingerprint density at radius 1 is 1.35 bits per heavy atom. The first-order chi connectivity index (χ1) is 8.99. The van der Waals surface area contributed by atoms with Crippen LogP contribution in [0.5, 0.6) is 0 Å². The second kappa shape index (κ2) is 9.55. The first-order valence-electron chi connectivity index (χ1n) is 6.94. The largest absolute Gasteiger partial charge is 0.355 e. The molecule has 0 aromatic heterocycles. The third kappa shape index (κ3) is 6.39. The number of carbonyl (C=O) groups is 1. The highest BCUT2D eigenvalue weighted by molar-refractivity contribution is 7.89. The predicted molar refractivity (Wildman–Crippen MR) is 82.6 cm³/mol. The van der Waals surface area contributed by atoms with Gasteiger partial charge in [-0.25, -0.2) is 12.7 Å². The van der Waals surface area contributed by atoms with Crippen LogP contribution in [-0.2, 0) is 14.8 Å². The third-order valence-corrected chi connectivity index (χ3v) is 5.33. The molecule has 1 saturated heterocycles.